The number of carboxylic acid groups (broad SMARTS) is 1. The normalized spacial score (nSPS) is 14.7. The Morgan fingerprint density at radius 2 is 1.91 bits per heavy atom. The fourth-order valence-corrected chi connectivity index (χ4v) is 2.35. The van der Waals surface area contributed by atoms with E-state index in [-0.39, 0.29) is 16.9 Å². The third kappa shape index (κ3) is 3.56. The van der Waals surface area contributed by atoms with Gasteiger partial charge in [-0.05, 0) is 23.1 Å². The SMILES string of the molecule is COc1cc(C#N)ccc1C(C)(C)CC(O)(C(=O)O)C(F)(F)F. The van der Waals surface area contributed by atoms with Gasteiger partial charge in [-0.15, -0.1) is 0 Å². The zero-order chi connectivity index (χ0) is 18.1. The molecule has 1 rings (SSSR count). The van der Waals surface area contributed by atoms with Crippen molar-refractivity contribution in [2.45, 2.75) is 37.5 Å². The van der Waals surface area contributed by atoms with E-state index in [1.54, 1.807) is 0 Å². The number of methoxy groups -OCH3 is 1. The van der Waals surface area contributed by atoms with Crippen molar-refractivity contribution in [3.8, 4) is 11.8 Å². The highest BCUT2D eigenvalue weighted by atomic mass is 19.4. The van der Waals surface area contributed by atoms with Crippen LogP contribution in [0.2, 0.25) is 0 Å². The molecule has 0 amide bonds. The molecule has 1 aromatic rings. The molecule has 0 saturated carbocycles. The van der Waals surface area contributed by atoms with Gasteiger partial charge < -0.3 is 14.9 Å². The van der Waals surface area contributed by atoms with Crippen molar-refractivity contribution in [3.63, 3.8) is 0 Å². The maximum Gasteiger partial charge on any atom is 0.428 e. The summed E-state index contributed by atoms with van der Waals surface area (Å²) >= 11 is 0. The fraction of sp³-hybridized carbons (Fsp3) is 0.467. The predicted molar refractivity (Wildman–Crippen MR) is 74.0 cm³/mol. The maximum absolute atomic E-state index is 13.0. The number of benzene rings is 1. The minimum Gasteiger partial charge on any atom is -0.496 e. The van der Waals surface area contributed by atoms with Gasteiger partial charge in [-0.25, -0.2) is 4.79 Å². The first-order chi connectivity index (χ1) is 10.4. The van der Waals surface area contributed by atoms with Crippen LogP contribution in [0.1, 0.15) is 31.4 Å². The second-order valence-electron chi connectivity index (χ2n) is 5.75. The summed E-state index contributed by atoms with van der Waals surface area (Å²) in [6.45, 7) is 2.72. The number of alkyl halides is 3. The molecule has 0 heterocycles. The van der Waals surface area contributed by atoms with Crippen molar-refractivity contribution in [1.82, 2.24) is 0 Å². The molecule has 0 radical (unpaired) electrons. The summed E-state index contributed by atoms with van der Waals surface area (Å²) in [5, 5.41) is 27.4. The Balaban J connectivity index is 3.37. The minimum absolute atomic E-state index is 0.143. The number of halogens is 3. The molecular formula is C15H16F3NO4. The number of rotatable bonds is 5. The largest absolute Gasteiger partial charge is 0.496 e. The van der Waals surface area contributed by atoms with Gasteiger partial charge in [-0.2, -0.15) is 18.4 Å². The van der Waals surface area contributed by atoms with Gasteiger partial charge in [0.15, 0.2) is 0 Å². The highest BCUT2D eigenvalue weighted by Crippen LogP contribution is 2.43. The maximum atomic E-state index is 13.0. The van der Waals surface area contributed by atoms with E-state index >= 15 is 0 Å². The molecule has 0 aliphatic rings. The molecule has 2 N–H and O–H groups in total. The Labute approximate surface area is 130 Å². The van der Waals surface area contributed by atoms with Crippen LogP contribution in [0.25, 0.3) is 0 Å². The predicted octanol–water partition coefficient (Wildman–Crippen LogP) is 2.61. The molecule has 0 aliphatic carbocycles. The highest BCUT2D eigenvalue weighted by Gasteiger charge is 2.62. The molecule has 5 nitrogen and oxygen atoms in total. The summed E-state index contributed by atoms with van der Waals surface area (Å²) in [6, 6.07) is 5.97. The summed E-state index contributed by atoms with van der Waals surface area (Å²) in [5.41, 5.74) is -4.79. The van der Waals surface area contributed by atoms with E-state index in [0.717, 1.165) is 0 Å². The van der Waals surface area contributed by atoms with E-state index in [1.165, 1.54) is 39.2 Å². The zero-order valence-electron chi connectivity index (χ0n) is 12.7. The van der Waals surface area contributed by atoms with E-state index in [4.69, 9.17) is 15.1 Å². The van der Waals surface area contributed by atoms with Gasteiger partial charge >= 0.3 is 12.1 Å². The average molecular weight is 331 g/mol. The molecule has 0 aliphatic heterocycles. The van der Waals surface area contributed by atoms with Gasteiger partial charge in [-0.3, -0.25) is 0 Å². The van der Waals surface area contributed by atoms with E-state index in [9.17, 15) is 23.1 Å². The van der Waals surface area contributed by atoms with Crippen LogP contribution in [0.3, 0.4) is 0 Å². The number of carboxylic acids is 1. The van der Waals surface area contributed by atoms with Crippen molar-refractivity contribution in [2.75, 3.05) is 7.11 Å². The molecule has 126 valence electrons. The second kappa shape index (κ2) is 6.08. The molecule has 0 bridgehead atoms. The van der Waals surface area contributed by atoms with Crippen LogP contribution >= 0.6 is 0 Å². The first-order valence-corrected chi connectivity index (χ1v) is 6.50. The average Bonchev–Trinajstić information content (AvgIpc) is 2.44. The van der Waals surface area contributed by atoms with Crippen molar-refractivity contribution < 1.29 is 32.9 Å². The number of aliphatic hydroxyl groups is 1. The van der Waals surface area contributed by atoms with Crippen molar-refractivity contribution in [1.29, 1.82) is 5.26 Å². The molecule has 0 spiro atoms. The lowest BCUT2D eigenvalue weighted by molar-refractivity contribution is -0.265. The number of hydrogen-bond acceptors (Lipinski definition) is 4. The summed E-state index contributed by atoms with van der Waals surface area (Å²) in [6.07, 6.45) is -6.45. The molecule has 0 fully saturated rings. The number of ether oxygens (including phenoxy) is 1. The Bertz CT molecular complexity index is 649. The standard InChI is InChI=1S/C15H16F3NO4/c1-13(2,8-14(22,12(20)21)15(16,17)18)10-5-4-9(7-19)6-11(10)23-3/h4-6,22H,8H2,1-3H3,(H,20,21). The van der Waals surface area contributed by atoms with Crippen LogP contribution in [0, 0.1) is 11.3 Å². The Hall–Kier alpha value is -2.27. The van der Waals surface area contributed by atoms with Crippen LogP contribution in [0.15, 0.2) is 18.2 Å². The third-order valence-corrected chi connectivity index (χ3v) is 3.58. The van der Waals surface area contributed by atoms with E-state index < -0.39 is 29.6 Å². The summed E-state index contributed by atoms with van der Waals surface area (Å²) in [4.78, 5) is 11.0. The summed E-state index contributed by atoms with van der Waals surface area (Å²) in [7, 11) is 1.28. The molecule has 1 unspecified atom stereocenters. The van der Waals surface area contributed by atoms with Crippen molar-refractivity contribution in [2.24, 2.45) is 0 Å². The molecule has 1 atom stereocenters. The summed E-state index contributed by atoms with van der Waals surface area (Å²) < 4.78 is 44.1. The lowest BCUT2D eigenvalue weighted by Gasteiger charge is -2.35. The Morgan fingerprint density at radius 1 is 1.35 bits per heavy atom. The van der Waals surface area contributed by atoms with Crippen LogP contribution in [-0.4, -0.2) is 35.1 Å². The lowest BCUT2D eigenvalue weighted by Crippen LogP contribution is -2.55. The Morgan fingerprint density at radius 3 is 2.30 bits per heavy atom. The van der Waals surface area contributed by atoms with Crippen molar-refractivity contribution >= 4 is 5.97 Å². The molecule has 0 saturated heterocycles. The zero-order valence-corrected chi connectivity index (χ0v) is 12.7. The third-order valence-electron chi connectivity index (χ3n) is 3.58. The number of aliphatic carboxylic acids is 1. The van der Waals surface area contributed by atoms with Gasteiger partial charge in [-0.1, -0.05) is 19.9 Å². The molecule has 1 aromatic carbocycles. The van der Waals surface area contributed by atoms with Crippen molar-refractivity contribution in [3.05, 3.63) is 29.3 Å². The number of nitrogens with zero attached hydrogens (tertiary/aromatic N) is 1. The highest BCUT2D eigenvalue weighted by molar-refractivity contribution is 5.78. The topological polar surface area (TPSA) is 90.5 Å². The van der Waals surface area contributed by atoms with Gasteiger partial charge in [0.2, 0.25) is 0 Å². The van der Waals surface area contributed by atoms with Crippen LogP contribution < -0.4 is 4.74 Å². The quantitative estimate of drug-likeness (QED) is 0.865. The van der Waals surface area contributed by atoms with E-state index in [1.807, 2.05) is 6.07 Å². The first-order valence-electron chi connectivity index (χ1n) is 6.50. The Kier molecular flexibility index (Phi) is 4.97. The van der Waals surface area contributed by atoms with E-state index in [0.29, 0.717) is 0 Å². The van der Waals surface area contributed by atoms with Crippen LogP contribution in [0.5, 0.6) is 5.75 Å². The molecule has 23 heavy (non-hydrogen) atoms. The second-order valence-corrected chi connectivity index (χ2v) is 5.75. The van der Waals surface area contributed by atoms with E-state index in [2.05, 4.69) is 0 Å². The summed E-state index contributed by atoms with van der Waals surface area (Å²) in [5.74, 6) is -2.23. The monoisotopic (exact) mass is 331 g/mol. The minimum atomic E-state index is -5.34. The molecule has 0 aromatic heterocycles. The van der Waals surface area contributed by atoms with Crippen LogP contribution in [-0.2, 0) is 10.2 Å². The number of carbonyl (C=O) groups is 1. The first kappa shape index (κ1) is 18.8. The molecular weight excluding hydrogens is 315 g/mol. The van der Waals surface area contributed by atoms with Gasteiger partial charge in [0.05, 0.1) is 18.7 Å². The van der Waals surface area contributed by atoms with Crippen LogP contribution in [0.4, 0.5) is 13.2 Å². The number of hydrogen-bond donors (Lipinski definition) is 2. The van der Waals surface area contributed by atoms with Gasteiger partial charge in [0.25, 0.3) is 5.60 Å². The van der Waals surface area contributed by atoms with Gasteiger partial charge in [0.1, 0.15) is 5.75 Å². The smallest absolute Gasteiger partial charge is 0.428 e. The lowest BCUT2D eigenvalue weighted by atomic mass is 9.74. The number of nitriles is 1. The molecule has 8 heteroatoms. The van der Waals surface area contributed by atoms with Gasteiger partial charge in [0, 0.05) is 6.42 Å². The fourth-order valence-electron chi connectivity index (χ4n) is 2.35.